The molecule has 3 rings (SSSR count). The molecule has 0 bridgehead atoms. The summed E-state index contributed by atoms with van der Waals surface area (Å²) in [6, 6.07) is 17.6. The normalized spacial score (nSPS) is 13.4. The number of hydrogen-bond acceptors (Lipinski definition) is 0. The molecule has 37 heavy (non-hydrogen) atoms. The number of allylic oxidation sites excluding steroid dienone is 2. The van der Waals surface area contributed by atoms with E-state index in [2.05, 4.69) is 90.1 Å². The van der Waals surface area contributed by atoms with Crippen molar-refractivity contribution in [2.24, 2.45) is 0 Å². The molecule has 0 amide bonds. The van der Waals surface area contributed by atoms with Gasteiger partial charge in [0, 0.05) is 22.3 Å². The summed E-state index contributed by atoms with van der Waals surface area (Å²) in [6.07, 6.45) is 11.2. The number of nitrogens with zero attached hydrogens (tertiary/aromatic N) is 2. The summed E-state index contributed by atoms with van der Waals surface area (Å²) in [6.45, 7) is 13.3. The summed E-state index contributed by atoms with van der Waals surface area (Å²) in [5, 5.41) is 2.56. The molecule has 1 aliphatic heterocycles. The number of unbranched alkanes of at least 4 members (excludes halogenated alkanes) is 3. The second-order valence-electron chi connectivity index (χ2n) is 9.63. The van der Waals surface area contributed by atoms with Crippen LogP contribution in [0, 0.1) is 0 Å². The molecule has 0 aliphatic carbocycles. The predicted molar refractivity (Wildman–Crippen MR) is 158 cm³/mol. The van der Waals surface area contributed by atoms with Crippen LogP contribution in [0.1, 0.15) is 115 Å². The second-order valence-corrected chi connectivity index (χ2v) is 11.5. The van der Waals surface area contributed by atoms with Crippen LogP contribution in [0.3, 0.4) is 0 Å². The van der Waals surface area contributed by atoms with E-state index in [1.807, 2.05) is 14.4 Å². The Morgan fingerprint density at radius 1 is 0.622 bits per heavy atom. The molecule has 0 N–H and O–H groups in total. The first-order chi connectivity index (χ1) is 18.1. The molecule has 2 aromatic rings. The first-order valence-electron chi connectivity index (χ1n) is 14.6. The van der Waals surface area contributed by atoms with Crippen LogP contribution in [-0.4, -0.2) is 4.70 Å². The van der Waals surface area contributed by atoms with Crippen LogP contribution in [0.15, 0.2) is 59.7 Å². The fourth-order valence-electron chi connectivity index (χ4n) is 4.87. The van der Waals surface area contributed by atoms with Gasteiger partial charge in [0.25, 0.3) is 0 Å². The van der Waals surface area contributed by atoms with E-state index in [4.69, 9.17) is 0 Å². The van der Waals surface area contributed by atoms with Gasteiger partial charge in [0.15, 0.2) is 0 Å². The quantitative estimate of drug-likeness (QED) is 0.167. The van der Waals surface area contributed by atoms with E-state index < -0.39 is 0 Å². The second kappa shape index (κ2) is 17.5. The third-order valence-electron chi connectivity index (χ3n) is 6.88. The Hall–Kier alpha value is -1.99. The van der Waals surface area contributed by atoms with E-state index in [0.29, 0.717) is 0 Å². The summed E-state index contributed by atoms with van der Waals surface area (Å²) in [7, 11) is 0. The Labute approximate surface area is 234 Å². The van der Waals surface area contributed by atoms with Crippen molar-refractivity contribution in [3.63, 3.8) is 0 Å². The zero-order valence-electron chi connectivity index (χ0n) is 24.3. The predicted octanol–water partition coefficient (Wildman–Crippen LogP) is 11.1. The van der Waals surface area contributed by atoms with Gasteiger partial charge in [-0.1, -0.05) is 71.2 Å². The summed E-state index contributed by atoms with van der Waals surface area (Å²) in [5.74, 6) is 0. The fourth-order valence-corrected chi connectivity index (χ4v) is 5.37. The Morgan fingerprint density at radius 3 is 1.73 bits per heavy atom. The van der Waals surface area contributed by atoms with Gasteiger partial charge >= 0.3 is 39.1 Å². The van der Waals surface area contributed by atoms with Crippen molar-refractivity contribution in [2.75, 3.05) is 0 Å². The molecular formula is C34H50N2Ni. The van der Waals surface area contributed by atoms with Gasteiger partial charge in [-0.15, -0.1) is 0 Å². The molecule has 0 spiro atoms. The SMILES string of the molecule is CCCCC1=C(c2cccc(CCCC)c2)[N+](=[N-])C(c2ccc(CCCC)cc2)=C1CC.C[CH2][Ni][CH2]C. The maximum absolute atomic E-state index is 11.5. The number of benzene rings is 2. The molecule has 0 aromatic heterocycles. The average molecular weight is 545 g/mol. The van der Waals surface area contributed by atoms with Crippen molar-refractivity contribution in [1.82, 2.24) is 0 Å². The molecule has 1 aliphatic rings. The van der Waals surface area contributed by atoms with E-state index in [-0.39, 0.29) is 0 Å². The third kappa shape index (κ3) is 9.06. The summed E-state index contributed by atoms with van der Waals surface area (Å²) < 4.78 is 1.49. The van der Waals surface area contributed by atoms with Crippen molar-refractivity contribution in [3.8, 4) is 0 Å². The van der Waals surface area contributed by atoms with Crippen LogP contribution in [0.5, 0.6) is 0 Å². The van der Waals surface area contributed by atoms with Gasteiger partial charge in [-0.25, -0.2) is 4.70 Å². The van der Waals surface area contributed by atoms with E-state index in [1.165, 1.54) is 63.4 Å². The molecule has 0 atom stereocenters. The van der Waals surface area contributed by atoms with Crippen molar-refractivity contribution >= 4 is 11.4 Å². The minimum atomic E-state index is 0.919. The van der Waals surface area contributed by atoms with Crippen molar-refractivity contribution in [2.45, 2.75) is 117 Å². The van der Waals surface area contributed by atoms with Crippen molar-refractivity contribution in [1.29, 1.82) is 0 Å². The molecule has 0 saturated carbocycles. The molecule has 2 nitrogen and oxygen atoms in total. The first-order valence-corrected chi connectivity index (χ1v) is 16.0. The molecule has 2 aromatic carbocycles. The number of hydrogen-bond donors (Lipinski definition) is 0. The van der Waals surface area contributed by atoms with Crippen LogP contribution in [0.2, 0.25) is 10.8 Å². The molecular weight excluding hydrogens is 495 g/mol. The minimum absolute atomic E-state index is 0.919. The Morgan fingerprint density at radius 2 is 1.19 bits per heavy atom. The number of aryl methyl sites for hydroxylation is 2. The Balaban J connectivity index is 0.000000877. The van der Waals surface area contributed by atoms with E-state index >= 15 is 0 Å². The van der Waals surface area contributed by atoms with Gasteiger partial charge in [0.1, 0.15) is 0 Å². The van der Waals surface area contributed by atoms with Crippen molar-refractivity contribution in [3.05, 3.63) is 87.5 Å². The summed E-state index contributed by atoms with van der Waals surface area (Å²) in [4.78, 5) is 0. The molecule has 0 saturated heterocycles. The zero-order chi connectivity index (χ0) is 27.0. The Bertz CT molecular complexity index is 1030. The van der Waals surface area contributed by atoms with E-state index in [0.717, 1.165) is 61.0 Å². The Kier molecular flexibility index (Phi) is 14.8. The van der Waals surface area contributed by atoms with Crippen LogP contribution < -0.4 is 0 Å². The van der Waals surface area contributed by atoms with Crippen LogP contribution in [0.25, 0.3) is 16.9 Å². The third-order valence-corrected chi connectivity index (χ3v) is 7.86. The number of rotatable bonds is 14. The van der Waals surface area contributed by atoms with Gasteiger partial charge in [-0.2, -0.15) is 0 Å². The average Bonchev–Trinajstić information content (AvgIpc) is 3.21. The zero-order valence-corrected chi connectivity index (χ0v) is 25.3. The van der Waals surface area contributed by atoms with Crippen LogP contribution >= 0.6 is 0 Å². The molecule has 0 fully saturated rings. The standard InChI is InChI=1S/C30H40N2.2C2H5.Ni/c1-5-9-13-23-18-20-25(21-19-23)29-27(8-4)28(17-11-7-3)30(32(29)31)26-16-12-15-24(22-26)14-10-6-2;2*1-2;/h12,15-16,18-22H,5-11,13-14,17H2,1-4H3;2*1H2,2H3;. The summed E-state index contributed by atoms with van der Waals surface area (Å²) >= 11 is 1.82. The molecule has 206 valence electrons. The van der Waals surface area contributed by atoms with Crippen molar-refractivity contribution < 1.29 is 19.1 Å². The molecule has 3 heteroatoms. The van der Waals surface area contributed by atoms with Gasteiger partial charge in [0.2, 0.25) is 11.4 Å². The van der Waals surface area contributed by atoms with E-state index in [1.54, 1.807) is 0 Å². The summed E-state index contributed by atoms with van der Waals surface area (Å²) in [5.41, 5.74) is 21.0. The van der Waals surface area contributed by atoms with Crippen LogP contribution in [-0.2, 0) is 27.3 Å². The van der Waals surface area contributed by atoms with Gasteiger partial charge in [-0.3, -0.25) is 0 Å². The van der Waals surface area contributed by atoms with E-state index in [9.17, 15) is 5.53 Å². The topological polar surface area (TPSA) is 25.3 Å². The van der Waals surface area contributed by atoms with Gasteiger partial charge < -0.3 is 5.53 Å². The molecule has 0 unspecified atom stereocenters. The van der Waals surface area contributed by atoms with Gasteiger partial charge in [0.05, 0.1) is 0 Å². The molecule has 1 heterocycles. The van der Waals surface area contributed by atoms with Gasteiger partial charge in [-0.05, 0) is 80.3 Å². The first kappa shape index (κ1) is 31.2. The fraction of sp³-hybridized carbons (Fsp3) is 0.529. The monoisotopic (exact) mass is 544 g/mol. The molecule has 0 radical (unpaired) electrons. The van der Waals surface area contributed by atoms with Crippen LogP contribution in [0.4, 0.5) is 0 Å². The maximum atomic E-state index is 11.5.